The number of carbonyl (C=O) groups is 1. The first-order chi connectivity index (χ1) is 9.66. The fourth-order valence-electron chi connectivity index (χ4n) is 2.22. The van der Waals surface area contributed by atoms with Crippen molar-refractivity contribution in [1.29, 1.82) is 0 Å². The van der Waals surface area contributed by atoms with E-state index < -0.39 is 5.97 Å². The molecule has 0 spiro atoms. The summed E-state index contributed by atoms with van der Waals surface area (Å²) in [4.78, 5) is 11.1. The Morgan fingerprint density at radius 3 is 2.70 bits per heavy atom. The number of nitrogens with one attached hydrogen (secondary N) is 1. The first-order valence-corrected chi connectivity index (χ1v) is 6.74. The van der Waals surface area contributed by atoms with E-state index in [-0.39, 0.29) is 0 Å². The molecule has 2 aromatic carbocycles. The van der Waals surface area contributed by atoms with Gasteiger partial charge >= 0.3 is 5.97 Å². The van der Waals surface area contributed by atoms with E-state index in [9.17, 15) is 4.79 Å². The second kappa shape index (κ2) is 6.87. The molecule has 0 heterocycles. The lowest BCUT2D eigenvalue weighted by Crippen LogP contribution is -2.17. The van der Waals surface area contributed by atoms with Crippen molar-refractivity contribution in [2.24, 2.45) is 0 Å². The van der Waals surface area contributed by atoms with Crippen molar-refractivity contribution in [3.8, 4) is 0 Å². The lowest BCUT2D eigenvalue weighted by molar-refractivity contribution is 0.0695. The highest BCUT2D eigenvalue weighted by Crippen LogP contribution is 2.09. The van der Waals surface area contributed by atoms with Crippen molar-refractivity contribution >= 4 is 5.97 Å². The topological polar surface area (TPSA) is 49.3 Å². The number of benzene rings is 2. The summed E-state index contributed by atoms with van der Waals surface area (Å²) in [6.45, 7) is 3.64. The van der Waals surface area contributed by atoms with E-state index in [0.717, 1.165) is 18.7 Å². The number of hydrogen-bond donors (Lipinski definition) is 2. The quantitative estimate of drug-likeness (QED) is 0.792. The van der Waals surface area contributed by atoms with Gasteiger partial charge in [0.15, 0.2) is 0 Å². The zero-order valence-electron chi connectivity index (χ0n) is 11.6. The molecular weight excluding hydrogens is 250 g/mol. The second-order valence-electron chi connectivity index (χ2n) is 4.88. The van der Waals surface area contributed by atoms with Crippen LogP contribution in [0, 0.1) is 6.92 Å². The maximum Gasteiger partial charge on any atom is 0.335 e. The fraction of sp³-hybridized carbons (Fsp3) is 0.235. The molecule has 0 aliphatic rings. The second-order valence-corrected chi connectivity index (χ2v) is 4.88. The Kier molecular flexibility index (Phi) is 4.91. The van der Waals surface area contributed by atoms with E-state index in [0.29, 0.717) is 12.0 Å². The first kappa shape index (κ1) is 14.3. The largest absolute Gasteiger partial charge is 0.478 e. The van der Waals surface area contributed by atoms with Crippen molar-refractivity contribution in [3.05, 3.63) is 70.8 Å². The van der Waals surface area contributed by atoms with Gasteiger partial charge < -0.3 is 10.4 Å². The van der Waals surface area contributed by atoms with Crippen molar-refractivity contribution < 1.29 is 9.90 Å². The van der Waals surface area contributed by atoms with Crippen LogP contribution in [0.3, 0.4) is 0 Å². The average molecular weight is 269 g/mol. The minimum atomic E-state index is -0.862. The van der Waals surface area contributed by atoms with Crippen molar-refractivity contribution in [3.63, 3.8) is 0 Å². The van der Waals surface area contributed by atoms with Crippen LogP contribution in [0.5, 0.6) is 0 Å². The summed E-state index contributed by atoms with van der Waals surface area (Å²) >= 11 is 0. The smallest absolute Gasteiger partial charge is 0.335 e. The first-order valence-electron chi connectivity index (χ1n) is 6.74. The van der Waals surface area contributed by atoms with E-state index in [1.807, 2.05) is 18.2 Å². The molecule has 0 radical (unpaired) electrons. The summed E-state index contributed by atoms with van der Waals surface area (Å²) in [5, 5.41) is 12.5. The molecule has 2 N–H and O–H groups in total. The van der Waals surface area contributed by atoms with Crippen LogP contribution in [-0.2, 0) is 13.0 Å². The van der Waals surface area contributed by atoms with Gasteiger partial charge in [-0.2, -0.15) is 0 Å². The summed E-state index contributed by atoms with van der Waals surface area (Å²) in [5.41, 5.74) is 3.76. The van der Waals surface area contributed by atoms with Crippen LogP contribution in [0.25, 0.3) is 0 Å². The lowest BCUT2D eigenvalue weighted by atomic mass is 10.0. The molecule has 3 heteroatoms. The zero-order valence-corrected chi connectivity index (χ0v) is 11.6. The predicted molar refractivity (Wildman–Crippen MR) is 80.0 cm³/mol. The van der Waals surface area contributed by atoms with Gasteiger partial charge in [0, 0.05) is 6.54 Å². The molecule has 20 heavy (non-hydrogen) atoms. The molecule has 0 fully saturated rings. The number of carboxylic acids is 1. The third-order valence-electron chi connectivity index (χ3n) is 3.23. The Morgan fingerprint density at radius 2 is 1.95 bits per heavy atom. The molecule has 2 rings (SSSR count). The van der Waals surface area contributed by atoms with Crippen LogP contribution in [0.1, 0.15) is 27.0 Å². The van der Waals surface area contributed by atoms with Gasteiger partial charge in [-0.25, -0.2) is 4.79 Å². The van der Waals surface area contributed by atoms with Crippen LogP contribution < -0.4 is 5.32 Å². The van der Waals surface area contributed by atoms with E-state index in [1.54, 1.807) is 12.1 Å². The third kappa shape index (κ3) is 3.93. The molecule has 0 atom stereocenters. The Balaban J connectivity index is 1.86. The van der Waals surface area contributed by atoms with Crippen LogP contribution in [0.15, 0.2) is 48.5 Å². The van der Waals surface area contributed by atoms with Gasteiger partial charge in [-0.1, -0.05) is 48.0 Å². The fourth-order valence-corrected chi connectivity index (χ4v) is 2.22. The van der Waals surface area contributed by atoms with E-state index in [2.05, 4.69) is 30.4 Å². The van der Waals surface area contributed by atoms with Crippen LogP contribution in [0.2, 0.25) is 0 Å². The monoisotopic (exact) mass is 269 g/mol. The Morgan fingerprint density at radius 1 is 1.15 bits per heavy atom. The van der Waals surface area contributed by atoms with E-state index in [4.69, 9.17) is 5.11 Å². The van der Waals surface area contributed by atoms with Gasteiger partial charge in [0.1, 0.15) is 0 Å². The summed E-state index contributed by atoms with van der Waals surface area (Å²) in [7, 11) is 0. The number of rotatable bonds is 6. The van der Waals surface area contributed by atoms with Gasteiger partial charge in [0.25, 0.3) is 0 Å². The van der Waals surface area contributed by atoms with E-state index >= 15 is 0 Å². The molecule has 0 bridgehead atoms. The number of hydrogen-bond acceptors (Lipinski definition) is 2. The minimum Gasteiger partial charge on any atom is -0.478 e. The van der Waals surface area contributed by atoms with Gasteiger partial charge in [-0.3, -0.25) is 0 Å². The highest BCUT2D eigenvalue weighted by Gasteiger charge is 2.07. The third-order valence-corrected chi connectivity index (χ3v) is 3.23. The molecule has 3 nitrogen and oxygen atoms in total. The van der Waals surface area contributed by atoms with Gasteiger partial charge in [0.2, 0.25) is 0 Å². The van der Waals surface area contributed by atoms with Crippen LogP contribution in [-0.4, -0.2) is 17.6 Å². The molecule has 0 saturated carbocycles. The summed E-state index contributed by atoms with van der Waals surface area (Å²) in [5.74, 6) is -0.862. The molecule has 2 aromatic rings. The molecule has 0 saturated heterocycles. The Hall–Kier alpha value is -2.13. The summed E-state index contributed by atoms with van der Waals surface area (Å²) < 4.78 is 0. The summed E-state index contributed by atoms with van der Waals surface area (Å²) in [6, 6.07) is 15.5. The highest BCUT2D eigenvalue weighted by atomic mass is 16.4. The van der Waals surface area contributed by atoms with Crippen molar-refractivity contribution in [1.82, 2.24) is 5.32 Å². The number of carboxylic acid groups (broad SMARTS) is 1. The molecule has 0 amide bonds. The van der Waals surface area contributed by atoms with Crippen molar-refractivity contribution in [2.75, 3.05) is 6.54 Å². The molecular formula is C17H19NO2. The molecule has 0 aliphatic heterocycles. The highest BCUT2D eigenvalue weighted by molar-refractivity contribution is 5.89. The Labute approximate surface area is 119 Å². The maximum atomic E-state index is 11.1. The molecule has 0 unspecified atom stereocenters. The van der Waals surface area contributed by atoms with Crippen LogP contribution in [0.4, 0.5) is 0 Å². The van der Waals surface area contributed by atoms with Crippen molar-refractivity contribution in [2.45, 2.75) is 19.9 Å². The van der Waals surface area contributed by atoms with Gasteiger partial charge in [0.05, 0.1) is 5.56 Å². The summed E-state index contributed by atoms with van der Waals surface area (Å²) in [6.07, 6.45) is 0.717. The lowest BCUT2D eigenvalue weighted by Gasteiger charge is -2.08. The normalized spacial score (nSPS) is 10.4. The standard InChI is InChI=1S/C17H19NO2/c1-13-5-4-6-14(11-13)12-18-10-9-15-7-2-3-8-16(15)17(19)20/h2-8,11,18H,9-10,12H2,1H3,(H,19,20). The number of aromatic carboxylic acids is 1. The average Bonchev–Trinajstić information content (AvgIpc) is 2.44. The van der Waals surface area contributed by atoms with Gasteiger partial charge in [-0.15, -0.1) is 0 Å². The van der Waals surface area contributed by atoms with Crippen LogP contribution >= 0.6 is 0 Å². The number of aryl methyl sites for hydroxylation is 1. The SMILES string of the molecule is Cc1cccc(CNCCc2ccccc2C(=O)O)c1. The predicted octanol–water partition coefficient (Wildman–Crippen LogP) is 3.03. The minimum absolute atomic E-state index is 0.393. The van der Waals surface area contributed by atoms with E-state index in [1.165, 1.54) is 11.1 Å². The van der Waals surface area contributed by atoms with Gasteiger partial charge in [-0.05, 0) is 37.1 Å². The Bertz CT molecular complexity index is 593. The maximum absolute atomic E-state index is 11.1. The zero-order chi connectivity index (χ0) is 14.4. The molecule has 0 aliphatic carbocycles. The molecule has 104 valence electrons. The molecule has 0 aromatic heterocycles.